The lowest BCUT2D eigenvalue weighted by Crippen LogP contribution is -2.43. The molecule has 1 aromatic rings. The van der Waals surface area contributed by atoms with E-state index in [1.54, 1.807) is 0 Å². The second kappa shape index (κ2) is 4.81. The Hall–Kier alpha value is -0.830. The highest BCUT2D eigenvalue weighted by Gasteiger charge is 2.32. The molecule has 1 unspecified atom stereocenters. The Morgan fingerprint density at radius 1 is 1.53 bits per heavy atom. The van der Waals surface area contributed by atoms with Crippen molar-refractivity contribution in [1.82, 2.24) is 15.1 Å². The van der Waals surface area contributed by atoms with E-state index in [4.69, 9.17) is 0 Å². The van der Waals surface area contributed by atoms with Gasteiger partial charge in [-0.1, -0.05) is 20.8 Å². The molecule has 2 heterocycles. The van der Waals surface area contributed by atoms with Crippen LogP contribution < -0.4 is 5.32 Å². The average molecular weight is 235 g/mol. The molecule has 0 aliphatic carbocycles. The van der Waals surface area contributed by atoms with Gasteiger partial charge in [0, 0.05) is 19.3 Å². The zero-order valence-electron chi connectivity index (χ0n) is 11.6. The number of hydrogen-bond donors (Lipinski definition) is 1. The van der Waals surface area contributed by atoms with E-state index in [1.165, 1.54) is 17.8 Å². The fourth-order valence-electron chi connectivity index (χ4n) is 2.79. The highest BCUT2D eigenvalue weighted by atomic mass is 15.3. The minimum Gasteiger partial charge on any atom is -0.316 e. The third-order valence-corrected chi connectivity index (χ3v) is 4.20. The molecule has 1 fully saturated rings. The highest BCUT2D eigenvalue weighted by Crippen LogP contribution is 2.34. The summed E-state index contributed by atoms with van der Waals surface area (Å²) < 4.78 is 2.07. The van der Waals surface area contributed by atoms with Gasteiger partial charge in [0.1, 0.15) is 0 Å². The Morgan fingerprint density at radius 3 is 2.88 bits per heavy atom. The minimum absolute atomic E-state index is 0.398. The Kier molecular flexibility index (Phi) is 3.57. The van der Waals surface area contributed by atoms with Gasteiger partial charge in [-0.05, 0) is 43.2 Å². The average Bonchev–Trinajstić information content (AvgIpc) is 2.63. The molecule has 0 radical (unpaired) electrons. The fourth-order valence-corrected chi connectivity index (χ4v) is 2.79. The molecule has 0 spiro atoms. The quantitative estimate of drug-likeness (QED) is 0.870. The highest BCUT2D eigenvalue weighted by molar-refractivity contribution is 5.12. The molecule has 1 atom stereocenters. The second-order valence-corrected chi connectivity index (χ2v) is 5.96. The maximum Gasteiger partial charge on any atom is 0.0624 e. The Bertz CT molecular complexity index is 379. The number of rotatable bonds is 3. The third-order valence-electron chi connectivity index (χ3n) is 4.20. The first-order chi connectivity index (χ1) is 8.03. The van der Waals surface area contributed by atoms with E-state index in [9.17, 15) is 0 Å². The van der Waals surface area contributed by atoms with Crippen molar-refractivity contribution in [1.29, 1.82) is 0 Å². The zero-order valence-corrected chi connectivity index (χ0v) is 11.6. The smallest absolute Gasteiger partial charge is 0.0624 e. The maximum atomic E-state index is 4.54. The van der Waals surface area contributed by atoms with Crippen molar-refractivity contribution in [2.75, 3.05) is 13.1 Å². The topological polar surface area (TPSA) is 29.9 Å². The van der Waals surface area contributed by atoms with Crippen molar-refractivity contribution in [2.45, 2.75) is 40.0 Å². The number of hydrogen-bond acceptors (Lipinski definition) is 2. The molecule has 1 N–H and O–H groups in total. The van der Waals surface area contributed by atoms with Gasteiger partial charge >= 0.3 is 0 Å². The molecule has 96 valence electrons. The number of nitrogens with one attached hydrogen (secondary N) is 1. The van der Waals surface area contributed by atoms with Crippen molar-refractivity contribution < 1.29 is 0 Å². The molecule has 2 rings (SSSR count). The van der Waals surface area contributed by atoms with Crippen molar-refractivity contribution in [3.05, 3.63) is 17.5 Å². The summed E-state index contributed by atoms with van der Waals surface area (Å²) >= 11 is 0. The van der Waals surface area contributed by atoms with Crippen LogP contribution in [0.3, 0.4) is 0 Å². The van der Waals surface area contributed by atoms with Crippen LogP contribution in [-0.2, 0) is 19.9 Å². The van der Waals surface area contributed by atoms with Gasteiger partial charge < -0.3 is 5.32 Å². The van der Waals surface area contributed by atoms with Gasteiger partial charge in [-0.2, -0.15) is 5.10 Å². The van der Waals surface area contributed by atoms with Gasteiger partial charge in [-0.25, -0.2) is 0 Å². The summed E-state index contributed by atoms with van der Waals surface area (Å²) in [5.74, 6) is 0.767. The molecule has 1 aliphatic rings. The molecular weight excluding hydrogens is 210 g/mol. The van der Waals surface area contributed by atoms with E-state index in [1.807, 2.05) is 0 Å². The largest absolute Gasteiger partial charge is 0.316 e. The second-order valence-electron chi connectivity index (χ2n) is 5.96. The van der Waals surface area contributed by atoms with E-state index in [2.05, 4.69) is 49.0 Å². The normalized spacial score (nSPS) is 23.9. The molecule has 0 bridgehead atoms. The third kappa shape index (κ3) is 2.71. The molecule has 3 nitrogen and oxygen atoms in total. The summed E-state index contributed by atoms with van der Waals surface area (Å²) in [5, 5.41) is 8.04. The molecule has 3 heteroatoms. The van der Waals surface area contributed by atoms with Crippen LogP contribution in [-0.4, -0.2) is 22.9 Å². The lowest BCUT2D eigenvalue weighted by atomic mass is 9.72. The first-order valence-electron chi connectivity index (χ1n) is 6.75. The summed E-state index contributed by atoms with van der Waals surface area (Å²) in [6.45, 7) is 9.21. The molecule has 1 aromatic heterocycles. The molecule has 1 aliphatic heterocycles. The van der Waals surface area contributed by atoms with Crippen LogP contribution in [0.4, 0.5) is 0 Å². The lowest BCUT2D eigenvalue weighted by Gasteiger charge is -2.39. The SMILES string of the molecule is CCc1cc(CC2CCNCC2(C)C)n(C)n1. The van der Waals surface area contributed by atoms with Crippen molar-refractivity contribution in [2.24, 2.45) is 18.4 Å². The first kappa shape index (κ1) is 12.6. The molecule has 0 aromatic carbocycles. The first-order valence-corrected chi connectivity index (χ1v) is 6.75. The van der Waals surface area contributed by atoms with Crippen molar-refractivity contribution in [3.63, 3.8) is 0 Å². The van der Waals surface area contributed by atoms with Crippen LogP contribution in [0.1, 0.15) is 38.6 Å². The van der Waals surface area contributed by atoms with Crippen LogP contribution in [0.15, 0.2) is 6.07 Å². The van der Waals surface area contributed by atoms with Crippen molar-refractivity contribution in [3.8, 4) is 0 Å². The van der Waals surface area contributed by atoms with Crippen LogP contribution in [0, 0.1) is 11.3 Å². The standard InChI is InChI=1S/C14H25N3/c1-5-12-9-13(17(4)16-12)8-11-6-7-15-10-14(11,2)3/h9,11,15H,5-8,10H2,1-4H3. The molecule has 0 saturated carbocycles. The van der Waals surface area contributed by atoms with Gasteiger partial charge in [-0.3, -0.25) is 4.68 Å². The number of nitrogens with zero attached hydrogens (tertiary/aromatic N) is 2. The van der Waals surface area contributed by atoms with Gasteiger partial charge in [0.15, 0.2) is 0 Å². The maximum absolute atomic E-state index is 4.54. The monoisotopic (exact) mass is 235 g/mol. The molecule has 1 saturated heterocycles. The van der Waals surface area contributed by atoms with Gasteiger partial charge in [0.25, 0.3) is 0 Å². The summed E-state index contributed by atoms with van der Waals surface area (Å²) in [5.41, 5.74) is 3.01. The minimum atomic E-state index is 0.398. The van der Waals surface area contributed by atoms with Crippen LogP contribution in [0.5, 0.6) is 0 Å². The number of piperidine rings is 1. The van der Waals surface area contributed by atoms with E-state index in [-0.39, 0.29) is 0 Å². The Morgan fingerprint density at radius 2 is 2.29 bits per heavy atom. The number of aryl methyl sites for hydroxylation is 2. The predicted octanol–water partition coefficient (Wildman–Crippen LogP) is 2.16. The van der Waals surface area contributed by atoms with Crippen LogP contribution in [0.25, 0.3) is 0 Å². The van der Waals surface area contributed by atoms with Crippen LogP contribution in [0.2, 0.25) is 0 Å². The number of aromatic nitrogens is 2. The van der Waals surface area contributed by atoms with Crippen molar-refractivity contribution >= 4 is 0 Å². The predicted molar refractivity (Wildman–Crippen MR) is 71.0 cm³/mol. The van der Waals surface area contributed by atoms with Crippen LogP contribution >= 0.6 is 0 Å². The zero-order chi connectivity index (χ0) is 12.5. The summed E-state index contributed by atoms with van der Waals surface area (Å²) in [6.07, 6.45) is 3.47. The fraction of sp³-hybridized carbons (Fsp3) is 0.786. The Balaban J connectivity index is 2.11. The van der Waals surface area contributed by atoms with Gasteiger partial charge in [0.2, 0.25) is 0 Å². The van der Waals surface area contributed by atoms with Gasteiger partial charge in [-0.15, -0.1) is 0 Å². The van der Waals surface area contributed by atoms with Gasteiger partial charge in [0.05, 0.1) is 5.69 Å². The summed E-state index contributed by atoms with van der Waals surface area (Å²) in [7, 11) is 2.07. The summed E-state index contributed by atoms with van der Waals surface area (Å²) in [6, 6.07) is 2.28. The molecule has 17 heavy (non-hydrogen) atoms. The van der Waals surface area contributed by atoms with E-state index < -0.39 is 0 Å². The van der Waals surface area contributed by atoms with E-state index >= 15 is 0 Å². The van der Waals surface area contributed by atoms with E-state index in [0.717, 1.165) is 31.8 Å². The van der Waals surface area contributed by atoms with E-state index in [0.29, 0.717) is 5.41 Å². The molecular formula is C14H25N3. The summed E-state index contributed by atoms with van der Waals surface area (Å²) in [4.78, 5) is 0. The molecule has 0 amide bonds. The lowest BCUT2D eigenvalue weighted by molar-refractivity contribution is 0.153. The Labute approximate surface area is 105 Å².